The Balaban J connectivity index is 1.45. The van der Waals surface area contributed by atoms with Crippen molar-refractivity contribution in [3.05, 3.63) is 58.9 Å². The van der Waals surface area contributed by atoms with Gasteiger partial charge in [-0.25, -0.2) is 0 Å². The minimum absolute atomic E-state index is 0.0584. The van der Waals surface area contributed by atoms with Gasteiger partial charge >= 0.3 is 0 Å². The van der Waals surface area contributed by atoms with Crippen molar-refractivity contribution in [2.24, 2.45) is 0 Å². The van der Waals surface area contributed by atoms with Gasteiger partial charge in [0.15, 0.2) is 11.5 Å². The van der Waals surface area contributed by atoms with Crippen LogP contribution in [0.15, 0.2) is 47.0 Å². The molecule has 1 aromatic heterocycles. The number of nitrogens with zero attached hydrogens (tertiary/aromatic N) is 3. The highest BCUT2D eigenvalue weighted by Gasteiger charge is 2.34. The number of rotatable bonds is 8. The molecule has 1 aliphatic rings. The first-order chi connectivity index (χ1) is 15.1. The van der Waals surface area contributed by atoms with Gasteiger partial charge in [-0.3, -0.25) is 4.79 Å². The molecular weight excluding hydrogens is 418 g/mol. The molecule has 1 atom stereocenters. The Bertz CT molecular complexity index is 1050. The summed E-state index contributed by atoms with van der Waals surface area (Å²) in [6.07, 6.45) is 0.345. The topological polar surface area (TPSA) is 77.7 Å². The lowest BCUT2D eigenvalue weighted by atomic mass is 10.1. The Kier molecular flexibility index (Phi) is 6.42. The summed E-state index contributed by atoms with van der Waals surface area (Å²) in [5.74, 6) is 2.29. The highest BCUT2D eigenvalue weighted by molar-refractivity contribution is 6.30. The molecule has 1 unspecified atom stereocenters. The second kappa shape index (κ2) is 9.39. The van der Waals surface area contributed by atoms with Crippen molar-refractivity contribution in [1.29, 1.82) is 0 Å². The van der Waals surface area contributed by atoms with Crippen molar-refractivity contribution in [2.45, 2.75) is 32.7 Å². The molecule has 1 aliphatic heterocycles. The van der Waals surface area contributed by atoms with Gasteiger partial charge in [0.25, 0.3) is 0 Å². The first-order valence-corrected chi connectivity index (χ1v) is 10.7. The lowest BCUT2D eigenvalue weighted by molar-refractivity contribution is -0.128. The van der Waals surface area contributed by atoms with E-state index in [-0.39, 0.29) is 11.8 Å². The number of amides is 1. The van der Waals surface area contributed by atoms with Gasteiger partial charge in [0.2, 0.25) is 17.6 Å². The average molecular weight is 442 g/mol. The molecule has 162 valence electrons. The number of aromatic nitrogens is 2. The molecule has 1 fully saturated rings. The standard InChI is InChI=1S/C23H24ClN3O4/c1-3-29-19-10-5-15(11-20(19)30-4-2)13-27-14-17(12-21(27)28)23-25-22(26-31-23)16-6-8-18(24)9-7-16/h5-11,17H,3-4,12-14H2,1-2H3. The van der Waals surface area contributed by atoms with Crippen LogP contribution in [0.4, 0.5) is 0 Å². The van der Waals surface area contributed by atoms with Gasteiger partial charge in [-0.15, -0.1) is 0 Å². The molecule has 4 rings (SSSR count). The monoisotopic (exact) mass is 441 g/mol. The van der Waals surface area contributed by atoms with Gasteiger partial charge in [0.05, 0.1) is 19.1 Å². The molecule has 0 radical (unpaired) electrons. The van der Waals surface area contributed by atoms with E-state index in [9.17, 15) is 4.79 Å². The maximum Gasteiger partial charge on any atom is 0.232 e. The normalized spacial score (nSPS) is 16.0. The summed E-state index contributed by atoms with van der Waals surface area (Å²) in [5.41, 5.74) is 1.80. The van der Waals surface area contributed by atoms with Gasteiger partial charge in [-0.2, -0.15) is 4.98 Å². The summed E-state index contributed by atoms with van der Waals surface area (Å²) in [4.78, 5) is 18.9. The fourth-order valence-electron chi connectivity index (χ4n) is 3.62. The van der Waals surface area contributed by atoms with Gasteiger partial charge in [0.1, 0.15) is 0 Å². The number of ether oxygens (including phenoxy) is 2. The molecule has 2 aromatic carbocycles. The average Bonchev–Trinajstić information content (AvgIpc) is 3.38. The quantitative estimate of drug-likeness (QED) is 0.504. The van der Waals surface area contributed by atoms with E-state index in [4.69, 9.17) is 25.6 Å². The number of carbonyl (C=O) groups is 1. The predicted octanol–water partition coefficient (Wildman–Crippen LogP) is 4.70. The molecular formula is C23H24ClN3O4. The second-order valence-electron chi connectivity index (χ2n) is 7.29. The fourth-order valence-corrected chi connectivity index (χ4v) is 3.75. The zero-order valence-electron chi connectivity index (χ0n) is 17.5. The Morgan fingerprint density at radius 2 is 1.84 bits per heavy atom. The van der Waals surface area contributed by atoms with E-state index in [0.717, 1.165) is 11.1 Å². The Morgan fingerprint density at radius 3 is 2.58 bits per heavy atom. The maximum absolute atomic E-state index is 12.6. The van der Waals surface area contributed by atoms with Crippen LogP contribution in [-0.4, -0.2) is 40.7 Å². The van der Waals surface area contributed by atoms with Crippen LogP contribution >= 0.6 is 11.6 Å². The van der Waals surface area contributed by atoms with Crippen molar-refractivity contribution in [2.75, 3.05) is 19.8 Å². The van der Waals surface area contributed by atoms with E-state index in [0.29, 0.717) is 61.0 Å². The lowest BCUT2D eigenvalue weighted by Crippen LogP contribution is -2.24. The first-order valence-electron chi connectivity index (χ1n) is 10.3. The maximum atomic E-state index is 12.6. The molecule has 0 spiro atoms. The van der Waals surface area contributed by atoms with Crippen molar-refractivity contribution >= 4 is 17.5 Å². The van der Waals surface area contributed by atoms with Gasteiger partial charge < -0.3 is 18.9 Å². The number of likely N-dealkylation sites (tertiary alicyclic amines) is 1. The molecule has 7 nitrogen and oxygen atoms in total. The molecule has 0 aliphatic carbocycles. The van der Waals surface area contributed by atoms with E-state index >= 15 is 0 Å². The Hall–Kier alpha value is -3.06. The summed E-state index contributed by atoms with van der Waals surface area (Å²) in [5, 5.41) is 4.71. The molecule has 31 heavy (non-hydrogen) atoms. The predicted molar refractivity (Wildman–Crippen MR) is 116 cm³/mol. The number of benzene rings is 2. The van der Waals surface area contributed by atoms with Crippen molar-refractivity contribution in [3.8, 4) is 22.9 Å². The summed E-state index contributed by atoms with van der Waals surface area (Å²) in [6.45, 7) is 5.98. The van der Waals surface area contributed by atoms with Gasteiger partial charge in [-0.1, -0.05) is 22.8 Å². The fraction of sp³-hybridized carbons (Fsp3) is 0.348. The number of halogens is 1. The summed E-state index contributed by atoms with van der Waals surface area (Å²) >= 11 is 5.94. The SMILES string of the molecule is CCOc1ccc(CN2CC(c3nc(-c4ccc(Cl)cc4)no3)CC2=O)cc1OCC. The van der Waals surface area contributed by atoms with Crippen LogP contribution in [0.1, 0.15) is 37.6 Å². The van der Waals surface area contributed by atoms with Gasteiger partial charge in [0, 0.05) is 30.1 Å². The lowest BCUT2D eigenvalue weighted by Gasteiger charge is -2.18. The summed E-state index contributed by atoms with van der Waals surface area (Å²) in [7, 11) is 0. The summed E-state index contributed by atoms with van der Waals surface area (Å²) < 4.78 is 16.8. The number of hydrogen-bond acceptors (Lipinski definition) is 6. The van der Waals surface area contributed by atoms with Crippen LogP contribution in [0.5, 0.6) is 11.5 Å². The van der Waals surface area contributed by atoms with Gasteiger partial charge in [-0.05, 0) is 55.8 Å². The zero-order chi connectivity index (χ0) is 21.8. The smallest absolute Gasteiger partial charge is 0.232 e. The van der Waals surface area contributed by atoms with Crippen LogP contribution < -0.4 is 9.47 Å². The number of hydrogen-bond donors (Lipinski definition) is 0. The van der Waals surface area contributed by atoms with E-state index in [2.05, 4.69) is 10.1 Å². The number of carbonyl (C=O) groups excluding carboxylic acids is 1. The molecule has 3 aromatic rings. The van der Waals surface area contributed by atoms with Crippen LogP contribution in [-0.2, 0) is 11.3 Å². The third kappa shape index (κ3) is 4.82. The minimum Gasteiger partial charge on any atom is -0.490 e. The highest BCUT2D eigenvalue weighted by Crippen LogP contribution is 2.32. The molecule has 0 N–H and O–H groups in total. The molecule has 0 bridgehead atoms. The van der Waals surface area contributed by atoms with E-state index in [1.54, 1.807) is 12.1 Å². The molecule has 0 saturated carbocycles. The molecule has 1 amide bonds. The van der Waals surface area contributed by atoms with Crippen molar-refractivity contribution in [3.63, 3.8) is 0 Å². The van der Waals surface area contributed by atoms with Crippen LogP contribution in [0.2, 0.25) is 5.02 Å². The summed E-state index contributed by atoms with van der Waals surface area (Å²) in [6, 6.07) is 13.0. The molecule has 2 heterocycles. The third-order valence-electron chi connectivity index (χ3n) is 5.09. The van der Waals surface area contributed by atoms with E-state index < -0.39 is 0 Å². The van der Waals surface area contributed by atoms with Crippen molar-refractivity contribution < 1.29 is 18.8 Å². The second-order valence-corrected chi connectivity index (χ2v) is 7.72. The van der Waals surface area contributed by atoms with Crippen LogP contribution in [0.25, 0.3) is 11.4 Å². The highest BCUT2D eigenvalue weighted by atomic mass is 35.5. The Labute approximate surface area is 185 Å². The zero-order valence-corrected chi connectivity index (χ0v) is 18.3. The third-order valence-corrected chi connectivity index (χ3v) is 5.34. The first kappa shape index (κ1) is 21.2. The van der Waals surface area contributed by atoms with Crippen LogP contribution in [0, 0.1) is 0 Å². The van der Waals surface area contributed by atoms with E-state index in [1.807, 2.05) is 49.1 Å². The largest absolute Gasteiger partial charge is 0.490 e. The van der Waals surface area contributed by atoms with E-state index in [1.165, 1.54) is 0 Å². The Morgan fingerprint density at radius 1 is 1.10 bits per heavy atom. The minimum atomic E-state index is -0.130. The van der Waals surface area contributed by atoms with Crippen LogP contribution in [0.3, 0.4) is 0 Å². The molecule has 1 saturated heterocycles. The molecule has 8 heteroatoms. The van der Waals surface area contributed by atoms with Crippen molar-refractivity contribution in [1.82, 2.24) is 15.0 Å².